The van der Waals surface area contributed by atoms with Crippen molar-refractivity contribution in [2.24, 2.45) is 0 Å². The van der Waals surface area contributed by atoms with Gasteiger partial charge < -0.3 is 30.3 Å². The molecule has 1 fully saturated rings. The molecule has 3 amide bonds. The minimum Gasteiger partial charge on any atom is -0.395 e. The molecule has 0 radical (unpaired) electrons. The van der Waals surface area contributed by atoms with E-state index in [1.54, 1.807) is 12.1 Å². The highest BCUT2D eigenvalue weighted by Gasteiger charge is 2.27. The summed E-state index contributed by atoms with van der Waals surface area (Å²) < 4.78 is 5.52. The molecule has 33 heavy (non-hydrogen) atoms. The summed E-state index contributed by atoms with van der Waals surface area (Å²) in [6, 6.07) is 6.93. The molecule has 0 unspecified atom stereocenters. The molecule has 0 atom stereocenters. The van der Waals surface area contributed by atoms with Gasteiger partial charge in [-0.1, -0.05) is 6.92 Å². The minimum atomic E-state index is -0.378. The third-order valence-corrected chi connectivity index (χ3v) is 5.81. The maximum Gasteiger partial charge on any atom is 0.319 e. The molecular weight excluding hydrogens is 424 g/mol. The average Bonchev–Trinajstić information content (AvgIpc) is 2.87. The quantitative estimate of drug-likeness (QED) is 0.603. The van der Waals surface area contributed by atoms with Crippen LogP contribution in [0.3, 0.4) is 0 Å². The number of nitrogens with zero attached hydrogens (tertiary/aromatic N) is 4. The van der Waals surface area contributed by atoms with Crippen molar-refractivity contribution >= 4 is 23.4 Å². The third-order valence-electron chi connectivity index (χ3n) is 5.81. The molecular formula is C23H30N6O4. The van der Waals surface area contributed by atoms with E-state index in [4.69, 9.17) is 19.8 Å². The molecule has 1 saturated heterocycles. The molecule has 3 heterocycles. The molecule has 0 spiro atoms. The standard InChI is InChI=1S/C23H30N6O4/c1-2-20(31)29-9-7-18-19(15-29)26-21(27-22(18)28-10-13-33-14-11-28)16-3-5-17(6-4-16)25-23(32)24-8-12-30/h3-6,30H,2,7-15H2,1H3,(H2,24,25,32). The SMILES string of the molecule is CCC(=O)N1CCc2c(nc(-c3ccc(NC(=O)NCCO)cc3)nc2N2CCOCC2)C1. The molecule has 1 aromatic carbocycles. The lowest BCUT2D eigenvalue weighted by molar-refractivity contribution is -0.131. The number of rotatable bonds is 6. The van der Waals surface area contributed by atoms with E-state index >= 15 is 0 Å². The zero-order valence-corrected chi connectivity index (χ0v) is 18.8. The van der Waals surface area contributed by atoms with Crippen LogP contribution in [0.2, 0.25) is 0 Å². The first kappa shape index (κ1) is 22.9. The fourth-order valence-electron chi connectivity index (χ4n) is 4.06. The highest BCUT2D eigenvalue weighted by molar-refractivity contribution is 5.89. The molecule has 10 heteroatoms. The molecule has 1 aromatic heterocycles. The summed E-state index contributed by atoms with van der Waals surface area (Å²) in [5.74, 6) is 1.65. The molecule has 2 aliphatic heterocycles. The van der Waals surface area contributed by atoms with Gasteiger partial charge in [0.05, 0.1) is 32.1 Å². The fraction of sp³-hybridized carbons (Fsp3) is 0.478. The second-order valence-corrected chi connectivity index (χ2v) is 8.00. The molecule has 176 valence electrons. The number of hydrogen-bond acceptors (Lipinski definition) is 7. The van der Waals surface area contributed by atoms with Gasteiger partial charge in [-0.3, -0.25) is 4.79 Å². The largest absolute Gasteiger partial charge is 0.395 e. The molecule has 0 bridgehead atoms. The number of carbonyl (C=O) groups excluding carboxylic acids is 2. The van der Waals surface area contributed by atoms with Crippen LogP contribution in [-0.4, -0.2) is 77.9 Å². The highest BCUT2D eigenvalue weighted by Crippen LogP contribution is 2.30. The summed E-state index contributed by atoms with van der Waals surface area (Å²) in [7, 11) is 0. The molecule has 3 N–H and O–H groups in total. The van der Waals surface area contributed by atoms with E-state index in [2.05, 4.69) is 15.5 Å². The maximum atomic E-state index is 12.3. The number of urea groups is 1. The Bertz CT molecular complexity index is 991. The van der Waals surface area contributed by atoms with Gasteiger partial charge in [0.1, 0.15) is 5.82 Å². The zero-order valence-electron chi connectivity index (χ0n) is 18.8. The van der Waals surface area contributed by atoms with E-state index in [0.717, 1.165) is 42.1 Å². The van der Waals surface area contributed by atoms with Gasteiger partial charge >= 0.3 is 6.03 Å². The number of anilines is 2. The van der Waals surface area contributed by atoms with E-state index in [9.17, 15) is 9.59 Å². The first-order chi connectivity index (χ1) is 16.1. The van der Waals surface area contributed by atoms with Gasteiger partial charge in [0.25, 0.3) is 0 Å². The van der Waals surface area contributed by atoms with Gasteiger partial charge in [0.15, 0.2) is 5.82 Å². The Morgan fingerprint density at radius 1 is 1.12 bits per heavy atom. The Morgan fingerprint density at radius 3 is 2.58 bits per heavy atom. The van der Waals surface area contributed by atoms with Crippen LogP contribution in [-0.2, 0) is 22.5 Å². The molecule has 2 aliphatic rings. The van der Waals surface area contributed by atoms with E-state index in [1.165, 1.54) is 0 Å². The number of ether oxygens (including phenoxy) is 1. The van der Waals surface area contributed by atoms with E-state index in [1.807, 2.05) is 24.0 Å². The molecule has 0 aliphatic carbocycles. The van der Waals surface area contributed by atoms with E-state index in [0.29, 0.717) is 44.2 Å². The lowest BCUT2D eigenvalue weighted by Crippen LogP contribution is -2.40. The summed E-state index contributed by atoms with van der Waals surface area (Å²) in [6.07, 6.45) is 1.21. The number of aliphatic hydroxyl groups excluding tert-OH is 1. The van der Waals surface area contributed by atoms with Gasteiger partial charge in [-0.25, -0.2) is 14.8 Å². The number of aromatic nitrogens is 2. The number of carbonyl (C=O) groups is 2. The molecule has 2 aromatic rings. The van der Waals surface area contributed by atoms with Gasteiger partial charge in [-0.15, -0.1) is 0 Å². The van der Waals surface area contributed by atoms with Gasteiger partial charge in [-0.05, 0) is 30.7 Å². The van der Waals surface area contributed by atoms with Gasteiger partial charge in [0, 0.05) is 49.4 Å². The van der Waals surface area contributed by atoms with Crippen LogP contribution in [0, 0.1) is 0 Å². The van der Waals surface area contributed by atoms with Crippen molar-refractivity contribution in [1.29, 1.82) is 0 Å². The van der Waals surface area contributed by atoms with Crippen LogP contribution in [0.5, 0.6) is 0 Å². The van der Waals surface area contributed by atoms with Crippen molar-refractivity contribution in [1.82, 2.24) is 20.2 Å². The maximum absolute atomic E-state index is 12.3. The minimum absolute atomic E-state index is 0.116. The van der Waals surface area contributed by atoms with Crippen LogP contribution in [0.1, 0.15) is 24.6 Å². The van der Waals surface area contributed by atoms with Crippen LogP contribution in [0.15, 0.2) is 24.3 Å². The van der Waals surface area contributed by atoms with Crippen LogP contribution in [0.4, 0.5) is 16.3 Å². The number of nitrogens with one attached hydrogen (secondary N) is 2. The lowest BCUT2D eigenvalue weighted by atomic mass is 10.0. The van der Waals surface area contributed by atoms with Crippen LogP contribution < -0.4 is 15.5 Å². The van der Waals surface area contributed by atoms with Crippen LogP contribution >= 0.6 is 0 Å². The third kappa shape index (κ3) is 5.40. The Morgan fingerprint density at radius 2 is 1.88 bits per heavy atom. The Hall–Kier alpha value is -3.24. The number of aliphatic hydroxyl groups is 1. The summed E-state index contributed by atoms with van der Waals surface area (Å²) >= 11 is 0. The van der Waals surface area contributed by atoms with Crippen molar-refractivity contribution in [2.45, 2.75) is 26.3 Å². The second-order valence-electron chi connectivity index (χ2n) is 8.00. The van der Waals surface area contributed by atoms with E-state index < -0.39 is 0 Å². The lowest BCUT2D eigenvalue weighted by Gasteiger charge is -2.34. The van der Waals surface area contributed by atoms with Crippen molar-refractivity contribution < 1.29 is 19.4 Å². The number of benzene rings is 1. The number of hydrogen-bond donors (Lipinski definition) is 3. The number of amides is 3. The second kappa shape index (κ2) is 10.6. The van der Waals surface area contributed by atoms with Crippen molar-refractivity contribution in [3.63, 3.8) is 0 Å². The fourth-order valence-corrected chi connectivity index (χ4v) is 4.06. The number of morpholine rings is 1. The Labute approximate surface area is 193 Å². The monoisotopic (exact) mass is 454 g/mol. The molecule has 4 rings (SSSR count). The topological polar surface area (TPSA) is 120 Å². The summed E-state index contributed by atoms with van der Waals surface area (Å²) in [5, 5.41) is 14.1. The zero-order chi connectivity index (χ0) is 23.2. The smallest absolute Gasteiger partial charge is 0.319 e. The first-order valence-corrected chi connectivity index (χ1v) is 11.4. The molecule has 10 nitrogen and oxygen atoms in total. The van der Waals surface area contributed by atoms with Crippen molar-refractivity contribution in [3.05, 3.63) is 35.5 Å². The first-order valence-electron chi connectivity index (χ1n) is 11.4. The van der Waals surface area contributed by atoms with Crippen molar-refractivity contribution in [3.8, 4) is 11.4 Å². The summed E-state index contributed by atoms with van der Waals surface area (Å²) in [5.41, 5.74) is 3.45. The van der Waals surface area contributed by atoms with Gasteiger partial charge in [-0.2, -0.15) is 0 Å². The van der Waals surface area contributed by atoms with E-state index in [-0.39, 0.29) is 25.1 Å². The molecule has 0 saturated carbocycles. The Kier molecular flexibility index (Phi) is 7.36. The highest BCUT2D eigenvalue weighted by atomic mass is 16.5. The average molecular weight is 455 g/mol. The Balaban J connectivity index is 1.62. The van der Waals surface area contributed by atoms with Gasteiger partial charge in [0.2, 0.25) is 5.91 Å². The normalized spacial score (nSPS) is 15.7. The number of fused-ring (bicyclic) bond motifs is 1. The predicted molar refractivity (Wildman–Crippen MR) is 124 cm³/mol. The summed E-state index contributed by atoms with van der Waals surface area (Å²) in [6.45, 7) is 5.97. The summed E-state index contributed by atoms with van der Waals surface area (Å²) in [4.78, 5) is 38.0. The van der Waals surface area contributed by atoms with Crippen molar-refractivity contribution in [2.75, 3.05) is 56.2 Å². The predicted octanol–water partition coefficient (Wildman–Crippen LogP) is 1.39. The van der Waals surface area contributed by atoms with Crippen LogP contribution in [0.25, 0.3) is 11.4 Å².